The zero-order valence-electron chi connectivity index (χ0n) is 9.72. The van der Waals surface area contributed by atoms with E-state index in [1.165, 1.54) is 18.2 Å². The third-order valence-electron chi connectivity index (χ3n) is 2.13. The number of hydrogen-bond donors (Lipinski definition) is 4. The normalized spacial score (nSPS) is 11.4. The highest BCUT2D eigenvalue weighted by Crippen LogP contribution is 2.11. The minimum absolute atomic E-state index is 0.108. The second-order valence-corrected chi connectivity index (χ2v) is 3.64. The molecule has 0 radical (unpaired) electrons. The number of hydrogen-bond acceptors (Lipinski definition) is 3. The fraction of sp³-hybridized carbons (Fsp3) is 0.182. The van der Waals surface area contributed by atoms with E-state index in [-0.39, 0.29) is 5.69 Å². The van der Waals surface area contributed by atoms with Gasteiger partial charge in [0.05, 0.1) is 12.1 Å². The topological polar surface area (TPSA) is 122 Å². The van der Waals surface area contributed by atoms with Gasteiger partial charge in [-0.25, -0.2) is 14.0 Å². The Morgan fingerprint density at radius 2 is 1.95 bits per heavy atom. The number of nitrogens with one attached hydrogen (secondary N) is 2. The number of amides is 3. The highest BCUT2D eigenvalue weighted by molar-refractivity contribution is 5.93. The number of carboxylic acid groups (broad SMARTS) is 1. The average Bonchev–Trinajstić information content (AvgIpc) is 2.30. The van der Waals surface area contributed by atoms with Crippen molar-refractivity contribution in [2.24, 2.45) is 5.73 Å². The lowest BCUT2D eigenvalue weighted by Gasteiger charge is -2.13. The molecule has 0 aliphatic rings. The summed E-state index contributed by atoms with van der Waals surface area (Å²) in [7, 11) is 0. The van der Waals surface area contributed by atoms with E-state index in [2.05, 4.69) is 5.32 Å². The zero-order chi connectivity index (χ0) is 14.4. The number of aliphatic carboxylic acids is 1. The standard InChI is InChI=1S/C11H12FN3O4/c12-6-3-1-2-4-7(6)14-11(19)15-8(10(17)18)5-9(13)16/h1-4,8H,5H2,(H2,13,16)(H,17,18)(H2,14,15,19)/t8-/m1/s1. The minimum atomic E-state index is -1.47. The number of carboxylic acids is 1. The first-order chi connectivity index (χ1) is 8.90. The summed E-state index contributed by atoms with van der Waals surface area (Å²) >= 11 is 0. The fourth-order valence-corrected chi connectivity index (χ4v) is 1.28. The van der Waals surface area contributed by atoms with Crippen molar-refractivity contribution in [1.82, 2.24) is 5.32 Å². The van der Waals surface area contributed by atoms with E-state index >= 15 is 0 Å². The lowest BCUT2D eigenvalue weighted by atomic mass is 10.2. The van der Waals surface area contributed by atoms with Crippen molar-refractivity contribution in [1.29, 1.82) is 0 Å². The van der Waals surface area contributed by atoms with E-state index in [1.807, 2.05) is 5.32 Å². The van der Waals surface area contributed by atoms with Gasteiger partial charge in [0, 0.05) is 0 Å². The highest BCUT2D eigenvalue weighted by Gasteiger charge is 2.22. The van der Waals surface area contributed by atoms with Crippen molar-refractivity contribution in [2.45, 2.75) is 12.5 Å². The second-order valence-electron chi connectivity index (χ2n) is 3.64. The monoisotopic (exact) mass is 269 g/mol. The van der Waals surface area contributed by atoms with Gasteiger partial charge in [0.1, 0.15) is 11.9 Å². The van der Waals surface area contributed by atoms with E-state index in [1.54, 1.807) is 0 Å². The maximum Gasteiger partial charge on any atom is 0.326 e. The Hall–Kier alpha value is -2.64. The molecule has 0 saturated carbocycles. The van der Waals surface area contributed by atoms with Crippen LogP contribution in [0.15, 0.2) is 24.3 Å². The summed E-state index contributed by atoms with van der Waals surface area (Å²) in [4.78, 5) is 32.9. The molecule has 3 amide bonds. The Balaban J connectivity index is 2.65. The van der Waals surface area contributed by atoms with E-state index in [4.69, 9.17) is 10.8 Å². The molecule has 7 nitrogen and oxygen atoms in total. The summed E-state index contributed by atoms with van der Waals surface area (Å²) in [6.07, 6.45) is -0.556. The van der Waals surface area contributed by atoms with Crippen LogP contribution in [0.2, 0.25) is 0 Å². The van der Waals surface area contributed by atoms with Crippen LogP contribution in [-0.4, -0.2) is 29.1 Å². The van der Waals surface area contributed by atoms with Crippen LogP contribution in [0.1, 0.15) is 6.42 Å². The largest absolute Gasteiger partial charge is 0.480 e. The lowest BCUT2D eigenvalue weighted by Crippen LogP contribution is -2.45. The molecule has 1 atom stereocenters. The number of carbonyl (C=O) groups excluding carboxylic acids is 2. The Morgan fingerprint density at radius 3 is 2.47 bits per heavy atom. The molecule has 1 aromatic rings. The van der Waals surface area contributed by atoms with E-state index < -0.39 is 36.2 Å². The molecule has 0 unspecified atom stereocenters. The van der Waals surface area contributed by atoms with Crippen LogP contribution >= 0.6 is 0 Å². The van der Waals surface area contributed by atoms with E-state index in [0.717, 1.165) is 6.07 Å². The van der Waals surface area contributed by atoms with Crippen LogP contribution in [-0.2, 0) is 9.59 Å². The number of urea groups is 1. The molecule has 102 valence electrons. The molecule has 1 aromatic carbocycles. The van der Waals surface area contributed by atoms with Gasteiger partial charge in [0.15, 0.2) is 0 Å². The van der Waals surface area contributed by atoms with Crippen molar-refractivity contribution in [2.75, 3.05) is 5.32 Å². The molecule has 0 spiro atoms. The Kier molecular flexibility index (Phi) is 4.81. The van der Waals surface area contributed by atoms with Gasteiger partial charge in [-0.05, 0) is 12.1 Å². The molecule has 0 saturated heterocycles. The average molecular weight is 269 g/mol. The summed E-state index contributed by atoms with van der Waals surface area (Å²) in [6.45, 7) is 0. The number of rotatable bonds is 5. The molecule has 5 N–H and O–H groups in total. The van der Waals surface area contributed by atoms with Crippen molar-refractivity contribution >= 4 is 23.6 Å². The molecule has 0 heterocycles. The molecule has 0 fully saturated rings. The molecule has 0 aliphatic heterocycles. The van der Waals surface area contributed by atoms with Crippen molar-refractivity contribution in [3.63, 3.8) is 0 Å². The molecule has 19 heavy (non-hydrogen) atoms. The number of halogens is 1. The van der Waals surface area contributed by atoms with Crippen molar-refractivity contribution in [3.05, 3.63) is 30.1 Å². The summed E-state index contributed by atoms with van der Waals surface area (Å²) in [5, 5.41) is 12.9. The number of benzene rings is 1. The quantitative estimate of drug-likeness (QED) is 0.613. The summed E-state index contributed by atoms with van der Waals surface area (Å²) < 4.78 is 13.2. The third-order valence-corrected chi connectivity index (χ3v) is 2.13. The number of nitrogens with two attached hydrogens (primary N) is 1. The van der Waals surface area contributed by atoms with Gasteiger partial charge in [0.2, 0.25) is 5.91 Å². The van der Waals surface area contributed by atoms with E-state index in [9.17, 15) is 18.8 Å². The molecule has 1 rings (SSSR count). The molecular weight excluding hydrogens is 257 g/mol. The predicted octanol–water partition coefficient (Wildman–Crippen LogP) is 0.276. The summed E-state index contributed by atoms with van der Waals surface area (Å²) in [5.41, 5.74) is 4.74. The molecule has 0 aromatic heterocycles. The van der Waals surface area contributed by atoms with Gasteiger partial charge >= 0.3 is 12.0 Å². The number of anilines is 1. The van der Waals surface area contributed by atoms with Crippen LogP contribution in [0.25, 0.3) is 0 Å². The first-order valence-electron chi connectivity index (χ1n) is 5.23. The molecule has 8 heteroatoms. The fourth-order valence-electron chi connectivity index (χ4n) is 1.28. The van der Waals surface area contributed by atoms with Crippen LogP contribution in [0.4, 0.5) is 14.9 Å². The number of carbonyl (C=O) groups is 3. The van der Waals surface area contributed by atoms with E-state index in [0.29, 0.717) is 0 Å². The van der Waals surface area contributed by atoms with Crippen LogP contribution in [0.3, 0.4) is 0 Å². The Morgan fingerprint density at radius 1 is 1.32 bits per heavy atom. The molecule has 0 bridgehead atoms. The summed E-state index contributed by atoms with van der Waals surface area (Å²) in [6, 6.07) is 2.96. The zero-order valence-corrected chi connectivity index (χ0v) is 9.72. The highest BCUT2D eigenvalue weighted by atomic mass is 19.1. The maximum atomic E-state index is 13.2. The maximum absolute atomic E-state index is 13.2. The van der Waals surface area contributed by atoms with Gasteiger partial charge in [-0.1, -0.05) is 12.1 Å². The minimum Gasteiger partial charge on any atom is -0.480 e. The van der Waals surface area contributed by atoms with Crippen LogP contribution in [0, 0.1) is 5.82 Å². The van der Waals surface area contributed by atoms with Gasteiger partial charge in [-0.2, -0.15) is 0 Å². The summed E-state index contributed by atoms with van der Waals surface area (Å²) in [5.74, 6) is -2.96. The van der Waals surface area contributed by atoms with Crippen LogP contribution in [0.5, 0.6) is 0 Å². The van der Waals surface area contributed by atoms with Gasteiger partial charge < -0.3 is 21.5 Å². The van der Waals surface area contributed by atoms with Crippen molar-refractivity contribution in [3.8, 4) is 0 Å². The third kappa shape index (κ3) is 4.62. The first kappa shape index (κ1) is 14.4. The number of primary amides is 1. The Bertz CT molecular complexity index is 506. The Labute approximate surface area is 107 Å². The molecule has 0 aliphatic carbocycles. The molecular formula is C11H12FN3O4. The first-order valence-corrected chi connectivity index (χ1v) is 5.23. The van der Waals surface area contributed by atoms with Crippen LogP contribution < -0.4 is 16.4 Å². The SMILES string of the molecule is NC(=O)C[C@@H](NC(=O)Nc1ccccc1F)C(=O)O. The second kappa shape index (κ2) is 6.34. The van der Waals surface area contributed by atoms with Gasteiger partial charge in [-0.3, -0.25) is 4.79 Å². The number of para-hydroxylation sites is 1. The van der Waals surface area contributed by atoms with Gasteiger partial charge in [0.25, 0.3) is 0 Å². The lowest BCUT2D eigenvalue weighted by molar-refractivity contribution is -0.140. The predicted molar refractivity (Wildman–Crippen MR) is 63.8 cm³/mol. The smallest absolute Gasteiger partial charge is 0.326 e. The van der Waals surface area contributed by atoms with Gasteiger partial charge in [-0.15, -0.1) is 0 Å². The van der Waals surface area contributed by atoms with Crippen molar-refractivity contribution < 1.29 is 23.9 Å².